The number of carbonyl (C=O) groups is 1. The second-order valence-electron chi connectivity index (χ2n) is 7.37. The maximum Gasteiger partial charge on any atom is 0.330 e. The number of benzene rings is 1. The summed E-state index contributed by atoms with van der Waals surface area (Å²) in [6, 6.07) is 5.81. The molecule has 0 N–H and O–H groups in total. The van der Waals surface area contributed by atoms with Gasteiger partial charge in [-0.15, -0.1) is 0 Å². The summed E-state index contributed by atoms with van der Waals surface area (Å²) >= 11 is 0. The third-order valence-electron chi connectivity index (χ3n) is 4.65. The van der Waals surface area contributed by atoms with Gasteiger partial charge in [0.1, 0.15) is 11.5 Å². The topological polar surface area (TPSA) is 44.8 Å². The monoisotopic (exact) mass is 404 g/mol. The molecule has 0 spiro atoms. The van der Waals surface area contributed by atoms with E-state index in [0.717, 1.165) is 49.4 Å². The van der Waals surface area contributed by atoms with Gasteiger partial charge < -0.3 is 14.2 Å². The first-order valence-corrected chi connectivity index (χ1v) is 11.5. The molecule has 4 heteroatoms. The van der Waals surface area contributed by atoms with Crippen LogP contribution in [0, 0.1) is 0 Å². The summed E-state index contributed by atoms with van der Waals surface area (Å²) in [6.45, 7) is 8.32. The average Bonchev–Trinajstić information content (AvgIpc) is 2.73. The quantitative estimate of drug-likeness (QED) is 0.160. The third-order valence-corrected chi connectivity index (χ3v) is 4.65. The molecule has 0 fully saturated rings. The highest BCUT2D eigenvalue weighted by Gasteiger charge is 2.06. The van der Waals surface area contributed by atoms with Crippen LogP contribution in [0.4, 0.5) is 0 Å². The van der Waals surface area contributed by atoms with Crippen molar-refractivity contribution in [2.75, 3.05) is 19.8 Å². The van der Waals surface area contributed by atoms with Crippen molar-refractivity contribution in [3.05, 3.63) is 29.8 Å². The Morgan fingerprint density at radius 3 is 2.10 bits per heavy atom. The largest absolute Gasteiger partial charge is 0.493 e. The van der Waals surface area contributed by atoms with Crippen LogP contribution in [-0.4, -0.2) is 25.8 Å². The lowest BCUT2D eigenvalue weighted by Crippen LogP contribution is -2.03. The van der Waals surface area contributed by atoms with E-state index in [9.17, 15) is 4.79 Å². The molecule has 0 aliphatic heterocycles. The first kappa shape index (κ1) is 25.1. The summed E-state index contributed by atoms with van der Waals surface area (Å²) in [5.41, 5.74) is 0.867. The number of rotatable bonds is 17. The molecule has 1 aromatic carbocycles. The van der Waals surface area contributed by atoms with Crippen molar-refractivity contribution >= 4 is 12.0 Å². The van der Waals surface area contributed by atoms with Gasteiger partial charge in [0.05, 0.1) is 19.8 Å². The minimum atomic E-state index is -0.316. The molecule has 0 unspecified atom stereocenters. The van der Waals surface area contributed by atoms with Gasteiger partial charge >= 0.3 is 5.97 Å². The number of carbonyl (C=O) groups excluding carboxylic acids is 1. The molecule has 0 atom stereocenters. The minimum absolute atomic E-state index is 0.316. The van der Waals surface area contributed by atoms with Crippen molar-refractivity contribution in [2.45, 2.75) is 85.0 Å². The number of esters is 1. The van der Waals surface area contributed by atoms with E-state index in [1.165, 1.54) is 44.6 Å². The van der Waals surface area contributed by atoms with Crippen LogP contribution < -0.4 is 9.47 Å². The number of hydrogen-bond donors (Lipinski definition) is 0. The Balaban J connectivity index is 2.68. The summed E-state index contributed by atoms with van der Waals surface area (Å²) in [4.78, 5) is 11.9. The molecule has 0 aromatic heterocycles. The first-order valence-electron chi connectivity index (χ1n) is 11.5. The van der Waals surface area contributed by atoms with E-state index in [1.54, 1.807) is 6.08 Å². The predicted octanol–water partition coefficient (Wildman–Crippen LogP) is 6.96. The van der Waals surface area contributed by atoms with Gasteiger partial charge in [-0.05, 0) is 37.5 Å². The molecule has 0 bridgehead atoms. The highest BCUT2D eigenvalue weighted by molar-refractivity contribution is 5.87. The Labute approximate surface area is 177 Å². The maximum atomic E-state index is 11.9. The molecule has 0 radical (unpaired) electrons. The van der Waals surface area contributed by atoms with Gasteiger partial charge in [0.15, 0.2) is 0 Å². The summed E-state index contributed by atoms with van der Waals surface area (Å²) in [5, 5.41) is 0. The van der Waals surface area contributed by atoms with Gasteiger partial charge in [-0.25, -0.2) is 4.79 Å². The summed E-state index contributed by atoms with van der Waals surface area (Å²) < 4.78 is 17.1. The van der Waals surface area contributed by atoms with E-state index >= 15 is 0 Å². The lowest BCUT2D eigenvalue weighted by Gasteiger charge is -2.12. The summed E-state index contributed by atoms with van der Waals surface area (Å²) in [7, 11) is 0. The van der Waals surface area contributed by atoms with Gasteiger partial charge in [-0.1, -0.05) is 65.7 Å². The Morgan fingerprint density at radius 2 is 1.45 bits per heavy atom. The van der Waals surface area contributed by atoms with Crippen LogP contribution in [-0.2, 0) is 9.53 Å². The fourth-order valence-electron chi connectivity index (χ4n) is 2.82. The molecule has 0 amide bonds. The molecule has 0 aliphatic carbocycles. The number of unbranched alkanes of at least 4 members (excludes halogenated alkanes) is 7. The maximum absolute atomic E-state index is 11.9. The van der Waals surface area contributed by atoms with Crippen molar-refractivity contribution < 1.29 is 19.0 Å². The number of hydrogen-bond acceptors (Lipinski definition) is 4. The fourth-order valence-corrected chi connectivity index (χ4v) is 2.82. The SMILES string of the molecule is CCCCCCOc1ccc(C=CC(=O)OCCCC)c(OCCCCCC)c1. The molecule has 1 aromatic rings. The van der Waals surface area contributed by atoms with Gasteiger partial charge in [0, 0.05) is 17.7 Å². The van der Waals surface area contributed by atoms with E-state index in [-0.39, 0.29) is 5.97 Å². The van der Waals surface area contributed by atoms with Gasteiger partial charge in [-0.3, -0.25) is 0 Å². The molecular formula is C25H40O4. The third kappa shape index (κ3) is 12.2. The smallest absolute Gasteiger partial charge is 0.330 e. The van der Waals surface area contributed by atoms with Crippen molar-refractivity contribution in [1.82, 2.24) is 0 Å². The van der Waals surface area contributed by atoms with Gasteiger partial charge in [0.2, 0.25) is 0 Å². The van der Waals surface area contributed by atoms with Crippen molar-refractivity contribution in [2.24, 2.45) is 0 Å². The fraction of sp³-hybridized carbons (Fsp3) is 0.640. The normalized spacial score (nSPS) is 11.0. The molecule has 0 heterocycles. The Hall–Kier alpha value is -1.97. The lowest BCUT2D eigenvalue weighted by molar-refractivity contribution is -0.137. The standard InChI is InChI=1S/C25H40O4/c1-4-7-10-12-19-27-23-16-14-22(15-17-25(26)29-18-9-6-3)24(21-23)28-20-13-11-8-5-2/h14-17,21H,4-13,18-20H2,1-3H3. The Morgan fingerprint density at radius 1 is 0.793 bits per heavy atom. The van der Waals surface area contributed by atoms with Crippen LogP contribution in [0.25, 0.3) is 6.08 Å². The zero-order valence-electron chi connectivity index (χ0n) is 18.7. The zero-order chi connectivity index (χ0) is 21.2. The van der Waals surface area contributed by atoms with Crippen LogP contribution in [0.3, 0.4) is 0 Å². The first-order chi connectivity index (χ1) is 14.2. The van der Waals surface area contributed by atoms with Crippen molar-refractivity contribution in [1.29, 1.82) is 0 Å². The van der Waals surface area contributed by atoms with E-state index in [4.69, 9.17) is 14.2 Å². The van der Waals surface area contributed by atoms with Crippen LogP contribution in [0.5, 0.6) is 11.5 Å². The van der Waals surface area contributed by atoms with E-state index in [1.807, 2.05) is 18.2 Å². The molecule has 0 aliphatic rings. The zero-order valence-corrected chi connectivity index (χ0v) is 18.7. The van der Waals surface area contributed by atoms with Gasteiger partial charge in [0.25, 0.3) is 0 Å². The Bertz CT molecular complexity index is 580. The van der Waals surface area contributed by atoms with Crippen LogP contribution in [0.1, 0.15) is 90.5 Å². The highest BCUT2D eigenvalue weighted by atomic mass is 16.5. The highest BCUT2D eigenvalue weighted by Crippen LogP contribution is 2.27. The average molecular weight is 405 g/mol. The molecule has 29 heavy (non-hydrogen) atoms. The molecule has 1 rings (SSSR count). The van der Waals surface area contributed by atoms with Crippen LogP contribution in [0.2, 0.25) is 0 Å². The van der Waals surface area contributed by atoms with Crippen LogP contribution in [0.15, 0.2) is 24.3 Å². The molecule has 164 valence electrons. The van der Waals surface area contributed by atoms with Crippen molar-refractivity contribution in [3.63, 3.8) is 0 Å². The second-order valence-corrected chi connectivity index (χ2v) is 7.37. The van der Waals surface area contributed by atoms with E-state index < -0.39 is 0 Å². The lowest BCUT2D eigenvalue weighted by atomic mass is 10.1. The molecule has 4 nitrogen and oxygen atoms in total. The molecule has 0 saturated heterocycles. The number of ether oxygens (including phenoxy) is 3. The molecule has 0 saturated carbocycles. The van der Waals surface area contributed by atoms with E-state index in [0.29, 0.717) is 13.2 Å². The predicted molar refractivity (Wildman–Crippen MR) is 121 cm³/mol. The Kier molecular flexibility index (Phi) is 14.6. The molecular weight excluding hydrogens is 364 g/mol. The van der Waals surface area contributed by atoms with E-state index in [2.05, 4.69) is 20.8 Å². The summed E-state index contributed by atoms with van der Waals surface area (Å²) in [5.74, 6) is 1.25. The van der Waals surface area contributed by atoms with Crippen LogP contribution >= 0.6 is 0 Å². The second kappa shape index (κ2) is 16.9. The summed E-state index contributed by atoms with van der Waals surface area (Å²) in [6.07, 6.45) is 14.5. The van der Waals surface area contributed by atoms with Crippen molar-refractivity contribution in [3.8, 4) is 11.5 Å². The van der Waals surface area contributed by atoms with Gasteiger partial charge in [-0.2, -0.15) is 0 Å². The minimum Gasteiger partial charge on any atom is -0.493 e.